The molecule has 1 unspecified atom stereocenters. The second-order valence-corrected chi connectivity index (χ2v) is 11.1. The molecule has 1 amide bonds. The number of hydrogen-bond acceptors (Lipinski definition) is 6. The second-order valence-electron chi connectivity index (χ2n) is 11.1. The van der Waals surface area contributed by atoms with E-state index in [9.17, 15) is 22.8 Å². The SMILES string of the molecule is COc1cc(C)c(CNC(=O)c2cc3c(-c4cncn4C)ccn3c(C(C)N3CCN(CC(F)(F)F)CC3)c2C)c(=O)[nH]1. The van der Waals surface area contributed by atoms with Gasteiger partial charge in [0.2, 0.25) is 0 Å². The van der Waals surface area contributed by atoms with Gasteiger partial charge in [0, 0.05) is 80.5 Å². The van der Waals surface area contributed by atoms with E-state index in [2.05, 4.69) is 24.6 Å². The lowest BCUT2D eigenvalue weighted by molar-refractivity contribution is -0.149. The van der Waals surface area contributed by atoms with Gasteiger partial charge < -0.3 is 19.0 Å². The Kier molecular flexibility index (Phi) is 8.39. The van der Waals surface area contributed by atoms with Crippen LogP contribution in [0.15, 0.2) is 41.7 Å². The van der Waals surface area contributed by atoms with Crippen LogP contribution in [0.2, 0.25) is 0 Å². The Labute approximate surface area is 247 Å². The lowest BCUT2D eigenvalue weighted by Gasteiger charge is -2.39. The molecule has 0 saturated carbocycles. The third-order valence-electron chi connectivity index (χ3n) is 8.33. The Morgan fingerprint density at radius 3 is 2.51 bits per heavy atom. The van der Waals surface area contributed by atoms with Gasteiger partial charge in [-0.25, -0.2) is 4.98 Å². The number of amides is 1. The summed E-state index contributed by atoms with van der Waals surface area (Å²) in [6, 6.07) is 5.33. The Morgan fingerprint density at radius 2 is 1.91 bits per heavy atom. The standard InChI is InChI=1S/C30H36F3N7O3/c1-18-12-26(43-5)36-29(42)23(18)14-35-28(41)22-13-24-21(25-15-34-17-37(25)4)6-7-40(24)27(19(22)2)20(3)39-10-8-38(9-11-39)16-30(31,32)33/h6-7,12-13,15,17,20H,8-11,14,16H2,1-5H3,(H,35,41)(H,36,42). The normalized spacial score (nSPS) is 15.6. The summed E-state index contributed by atoms with van der Waals surface area (Å²) in [6.07, 6.45) is 1.19. The van der Waals surface area contributed by atoms with Gasteiger partial charge in [-0.05, 0) is 44.0 Å². The number of nitrogens with one attached hydrogen (secondary N) is 2. The molecule has 2 N–H and O–H groups in total. The second kappa shape index (κ2) is 11.9. The zero-order chi connectivity index (χ0) is 31.1. The first-order valence-corrected chi connectivity index (χ1v) is 14.1. The molecule has 4 aromatic heterocycles. The molecule has 0 aliphatic carbocycles. The van der Waals surface area contributed by atoms with E-state index < -0.39 is 12.7 Å². The minimum absolute atomic E-state index is 0.0241. The van der Waals surface area contributed by atoms with Crippen molar-refractivity contribution < 1.29 is 22.7 Å². The maximum absolute atomic E-state index is 13.7. The van der Waals surface area contributed by atoms with Gasteiger partial charge in [0.05, 0.1) is 37.4 Å². The lowest BCUT2D eigenvalue weighted by Crippen LogP contribution is -2.49. The summed E-state index contributed by atoms with van der Waals surface area (Å²) in [5.74, 6) is 0.00268. The van der Waals surface area contributed by atoms with E-state index in [-0.39, 0.29) is 24.1 Å². The van der Waals surface area contributed by atoms with Crippen LogP contribution in [-0.4, -0.2) is 80.7 Å². The monoisotopic (exact) mass is 599 g/mol. The molecule has 43 heavy (non-hydrogen) atoms. The molecule has 0 bridgehead atoms. The maximum atomic E-state index is 13.7. The predicted molar refractivity (Wildman–Crippen MR) is 156 cm³/mol. The Hall–Kier alpha value is -4.10. The van der Waals surface area contributed by atoms with Crippen LogP contribution in [0.5, 0.6) is 5.88 Å². The number of methoxy groups -OCH3 is 1. The van der Waals surface area contributed by atoms with Crippen LogP contribution in [0, 0.1) is 13.8 Å². The van der Waals surface area contributed by atoms with Gasteiger partial charge in [-0.2, -0.15) is 13.2 Å². The fraction of sp³-hybridized carbons (Fsp3) is 0.433. The Morgan fingerprint density at radius 1 is 1.19 bits per heavy atom. The summed E-state index contributed by atoms with van der Waals surface area (Å²) < 4.78 is 48.0. The van der Waals surface area contributed by atoms with Crippen molar-refractivity contribution in [2.24, 2.45) is 7.05 Å². The molecule has 0 radical (unpaired) electrons. The molecule has 230 valence electrons. The molecular formula is C30H36F3N7O3. The van der Waals surface area contributed by atoms with Crippen molar-refractivity contribution in [2.45, 2.75) is 39.5 Å². The number of halogens is 3. The topological polar surface area (TPSA) is 99.9 Å². The summed E-state index contributed by atoms with van der Waals surface area (Å²) in [4.78, 5) is 36.9. The number of ether oxygens (including phenoxy) is 1. The number of rotatable bonds is 8. The van der Waals surface area contributed by atoms with E-state index in [1.54, 1.807) is 25.5 Å². The van der Waals surface area contributed by atoms with Gasteiger partial charge in [0.15, 0.2) is 5.88 Å². The molecule has 4 aromatic rings. The van der Waals surface area contributed by atoms with Crippen molar-refractivity contribution in [3.8, 4) is 17.1 Å². The number of H-pyrrole nitrogens is 1. The van der Waals surface area contributed by atoms with Crippen molar-refractivity contribution in [3.63, 3.8) is 0 Å². The van der Waals surface area contributed by atoms with E-state index >= 15 is 0 Å². The number of alkyl halides is 3. The molecular weight excluding hydrogens is 563 g/mol. The maximum Gasteiger partial charge on any atom is 0.401 e. The van der Waals surface area contributed by atoms with Crippen LogP contribution in [0.3, 0.4) is 0 Å². The minimum atomic E-state index is -4.24. The van der Waals surface area contributed by atoms with Crippen molar-refractivity contribution >= 4 is 11.4 Å². The molecule has 1 atom stereocenters. The number of hydrogen-bond donors (Lipinski definition) is 2. The van der Waals surface area contributed by atoms with Crippen LogP contribution in [0.4, 0.5) is 13.2 Å². The highest BCUT2D eigenvalue weighted by atomic mass is 19.4. The number of carbonyl (C=O) groups is 1. The predicted octanol–water partition coefficient (Wildman–Crippen LogP) is 3.82. The molecule has 13 heteroatoms. The lowest BCUT2D eigenvalue weighted by atomic mass is 9.99. The molecule has 1 aliphatic rings. The molecule has 0 aromatic carbocycles. The molecule has 1 saturated heterocycles. The number of aromatic amines is 1. The number of aromatic nitrogens is 4. The largest absolute Gasteiger partial charge is 0.482 e. The number of fused-ring (bicyclic) bond motifs is 1. The van der Waals surface area contributed by atoms with Crippen molar-refractivity contribution in [1.29, 1.82) is 0 Å². The van der Waals surface area contributed by atoms with Gasteiger partial charge in [0.1, 0.15) is 0 Å². The number of piperazine rings is 1. The number of aryl methyl sites for hydroxylation is 2. The molecule has 10 nitrogen and oxygen atoms in total. The van der Waals surface area contributed by atoms with Crippen LogP contribution in [0.1, 0.15) is 45.7 Å². The zero-order valence-electron chi connectivity index (χ0n) is 24.9. The van der Waals surface area contributed by atoms with Crippen molar-refractivity contribution in [1.82, 2.24) is 34.1 Å². The summed E-state index contributed by atoms with van der Waals surface area (Å²) >= 11 is 0. The Balaban J connectivity index is 1.51. The summed E-state index contributed by atoms with van der Waals surface area (Å²) in [7, 11) is 3.36. The van der Waals surface area contributed by atoms with E-state index in [0.717, 1.165) is 28.0 Å². The molecule has 1 aliphatic heterocycles. The van der Waals surface area contributed by atoms with Gasteiger partial charge in [-0.15, -0.1) is 0 Å². The highest BCUT2D eigenvalue weighted by Gasteiger charge is 2.34. The highest BCUT2D eigenvalue weighted by Crippen LogP contribution is 2.34. The van der Waals surface area contributed by atoms with Gasteiger partial charge in [-0.3, -0.25) is 24.4 Å². The third kappa shape index (κ3) is 6.18. The fourth-order valence-corrected chi connectivity index (χ4v) is 5.96. The van der Waals surface area contributed by atoms with Gasteiger partial charge in [0.25, 0.3) is 11.5 Å². The first-order chi connectivity index (χ1) is 20.4. The Bertz CT molecular complexity index is 1700. The third-order valence-corrected chi connectivity index (χ3v) is 8.33. The first-order valence-electron chi connectivity index (χ1n) is 14.1. The number of carbonyl (C=O) groups excluding carboxylic acids is 1. The first kappa shape index (κ1) is 30.4. The smallest absolute Gasteiger partial charge is 0.401 e. The van der Waals surface area contributed by atoms with E-state index in [0.29, 0.717) is 48.7 Å². The zero-order valence-corrected chi connectivity index (χ0v) is 24.9. The van der Waals surface area contributed by atoms with E-state index in [1.807, 2.05) is 43.8 Å². The summed E-state index contributed by atoms with van der Waals surface area (Å²) in [5.41, 5.74) is 5.42. The number of pyridine rings is 2. The van der Waals surface area contributed by atoms with Crippen LogP contribution < -0.4 is 15.6 Å². The molecule has 5 heterocycles. The quantitative estimate of drug-likeness (QED) is 0.320. The number of nitrogens with zero attached hydrogens (tertiary/aromatic N) is 5. The summed E-state index contributed by atoms with van der Waals surface area (Å²) in [5, 5.41) is 2.92. The fourth-order valence-electron chi connectivity index (χ4n) is 5.96. The average molecular weight is 600 g/mol. The van der Waals surface area contributed by atoms with Crippen molar-refractivity contribution in [3.05, 3.63) is 75.2 Å². The average Bonchev–Trinajstić information content (AvgIpc) is 3.56. The van der Waals surface area contributed by atoms with Gasteiger partial charge in [-0.1, -0.05) is 0 Å². The number of imidazole rings is 1. The van der Waals surface area contributed by atoms with Crippen molar-refractivity contribution in [2.75, 3.05) is 39.8 Å². The highest BCUT2D eigenvalue weighted by molar-refractivity contribution is 5.98. The van der Waals surface area contributed by atoms with E-state index in [4.69, 9.17) is 4.74 Å². The van der Waals surface area contributed by atoms with Gasteiger partial charge >= 0.3 is 6.18 Å². The summed E-state index contributed by atoms with van der Waals surface area (Å²) in [6.45, 7) is 6.32. The van der Waals surface area contributed by atoms with E-state index in [1.165, 1.54) is 12.0 Å². The van der Waals surface area contributed by atoms with Crippen LogP contribution in [0.25, 0.3) is 16.8 Å². The van der Waals surface area contributed by atoms with Crippen LogP contribution >= 0.6 is 0 Å². The van der Waals surface area contributed by atoms with Crippen LogP contribution in [-0.2, 0) is 13.6 Å². The minimum Gasteiger partial charge on any atom is -0.482 e. The molecule has 1 fully saturated rings. The molecule has 0 spiro atoms. The molecule has 5 rings (SSSR count).